The lowest BCUT2D eigenvalue weighted by Crippen LogP contribution is -2.19. The van der Waals surface area contributed by atoms with E-state index in [4.69, 9.17) is 5.73 Å². The summed E-state index contributed by atoms with van der Waals surface area (Å²) in [5.74, 6) is -0.174. The number of hydrogen-bond acceptors (Lipinski definition) is 1. The van der Waals surface area contributed by atoms with Crippen LogP contribution in [0.1, 0.15) is 18.4 Å². The number of rotatable bonds is 2. The van der Waals surface area contributed by atoms with Crippen molar-refractivity contribution in [1.29, 1.82) is 0 Å². The lowest BCUT2D eigenvalue weighted by molar-refractivity contribution is 0.623. The Morgan fingerprint density at radius 1 is 1.25 bits per heavy atom. The molecule has 2 heteroatoms. The summed E-state index contributed by atoms with van der Waals surface area (Å²) in [5.41, 5.74) is 7.02. The van der Waals surface area contributed by atoms with Crippen molar-refractivity contribution in [2.45, 2.75) is 18.3 Å². The van der Waals surface area contributed by atoms with Crippen LogP contribution >= 0.6 is 0 Å². The first-order valence-corrected chi connectivity index (χ1v) is 4.23. The molecule has 1 aliphatic rings. The Balaban J connectivity index is 2.29. The Kier molecular flexibility index (Phi) is 1.65. The molecule has 1 nitrogen and oxygen atoms in total. The van der Waals surface area contributed by atoms with E-state index in [2.05, 4.69) is 0 Å². The molecule has 0 radical (unpaired) electrons. The van der Waals surface area contributed by atoms with Crippen molar-refractivity contribution >= 4 is 0 Å². The van der Waals surface area contributed by atoms with Crippen LogP contribution in [0.5, 0.6) is 0 Å². The minimum atomic E-state index is -0.174. The standard InChI is InChI=1S/C10H12FN/c11-9-3-1-8(2-4-9)10(7-12)5-6-10/h1-4H,5-7,12H2. The lowest BCUT2D eigenvalue weighted by Gasteiger charge is -2.11. The van der Waals surface area contributed by atoms with Crippen LogP contribution in [0.3, 0.4) is 0 Å². The van der Waals surface area contributed by atoms with Crippen LogP contribution in [-0.2, 0) is 5.41 Å². The second-order valence-corrected chi connectivity index (χ2v) is 3.49. The fraction of sp³-hybridized carbons (Fsp3) is 0.400. The monoisotopic (exact) mass is 165 g/mol. The van der Waals surface area contributed by atoms with Crippen LogP contribution in [0, 0.1) is 5.82 Å². The molecule has 0 spiro atoms. The van der Waals surface area contributed by atoms with Crippen molar-refractivity contribution in [3.8, 4) is 0 Å². The average Bonchev–Trinajstić information content (AvgIpc) is 2.86. The van der Waals surface area contributed by atoms with E-state index in [1.54, 1.807) is 0 Å². The summed E-state index contributed by atoms with van der Waals surface area (Å²) in [6.07, 6.45) is 2.30. The third-order valence-corrected chi connectivity index (χ3v) is 2.70. The maximum atomic E-state index is 12.6. The highest BCUT2D eigenvalue weighted by Crippen LogP contribution is 2.46. The van der Waals surface area contributed by atoms with Crippen LogP contribution < -0.4 is 5.73 Å². The minimum absolute atomic E-state index is 0.174. The molecule has 0 saturated heterocycles. The smallest absolute Gasteiger partial charge is 0.123 e. The molecule has 0 unspecified atom stereocenters. The zero-order chi connectivity index (χ0) is 8.60. The highest BCUT2D eigenvalue weighted by Gasteiger charge is 2.42. The number of hydrogen-bond donors (Lipinski definition) is 1. The summed E-state index contributed by atoms with van der Waals surface area (Å²) in [5, 5.41) is 0. The molecular weight excluding hydrogens is 153 g/mol. The molecule has 0 bridgehead atoms. The van der Waals surface area contributed by atoms with E-state index in [0.29, 0.717) is 6.54 Å². The van der Waals surface area contributed by atoms with Gasteiger partial charge in [-0.25, -0.2) is 4.39 Å². The molecule has 0 amide bonds. The summed E-state index contributed by atoms with van der Waals surface area (Å²) in [6, 6.07) is 6.69. The van der Waals surface area contributed by atoms with Crippen LogP contribution in [0.25, 0.3) is 0 Å². The Labute approximate surface area is 71.4 Å². The largest absolute Gasteiger partial charge is 0.330 e. The van der Waals surface area contributed by atoms with Crippen LogP contribution in [-0.4, -0.2) is 6.54 Å². The third kappa shape index (κ3) is 1.12. The average molecular weight is 165 g/mol. The SMILES string of the molecule is NCC1(c2ccc(F)cc2)CC1. The van der Waals surface area contributed by atoms with Gasteiger partial charge in [0.05, 0.1) is 0 Å². The summed E-state index contributed by atoms with van der Waals surface area (Å²) in [7, 11) is 0. The number of halogens is 1. The maximum absolute atomic E-state index is 12.6. The summed E-state index contributed by atoms with van der Waals surface area (Å²) in [4.78, 5) is 0. The molecule has 1 aromatic rings. The molecule has 2 rings (SSSR count). The summed E-state index contributed by atoms with van der Waals surface area (Å²) in [6.45, 7) is 0.679. The van der Waals surface area contributed by atoms with E-state index in [9.17, 15) is 4.39 Å². The first-order chi connectivity index (χ1) is 5.77. The second-order valence-electron chi connectivity index (χ2n) is 3.49. The molecule has 2 N–H and O–H groups in total. The van der Waals surface area contributed by atoms with Gasteiger partial charge in [-0.2, -0.15) is 0 Å². The predicted molar refractivity (Wildman–Crippen MR) is 46.4 cm³/mol. The van der Waals surface area contributed by atoms with Crippen molar-refractivity contribution in [2.75, 3.05) is 6.54 Å². The first-order valence-electron chi connectivity index (χ1n) is 4.23. The van der Waals surface area contributed by atoms with Gasteiger partial charge < -0.3 is 5.73 Å². The van der Waals surface area contributed by atoms with Crippen molar-refractivity contribution in [3.63, 3.8) is 0 Å². The van der Waals surface area contributed by atoms with Gasteiger partial charge in [0.15, 0.2) is 0 Å². The molecule has 0 heterocycles. The maximum Gasteiger partial charge on any atom is 0.123 e. The lowest BCUT2D eigenvalue weighted by atomic mass is 9.96. The van der Waals surface area contributed by atoms with Gasteiger partial charge in [0.1, 0.15) is 5.82 Å². The van der Waals surface area contributed by atoms with E-state index in [-0.39, 0.29) is 11.2 Å². The molecule has 0 aliphatic heterocycles. The molecule has 1 saturated carbocycles. The van der Waals surface area contributed by atoms with E-state index >= 15 is 0 Å². The van der Waals surface area contributed by atoms with Gasteiger partial charge in [-0.05, 0) is 30.5 Å². The Morgan fingerprint density at radius 3 is 2.25 bits per heavy atom. The predicted octanol–water partition coefficient (Wildman–Crippen LogP) is 1.82. The summed E-state index contributed by atoms with van der Waals surface area (Å²) >= 11 is 0. The van der Waals surface area contributed by atoms with Gasteiger partial charge in [0.2, 0.25) is 0 Å². The van der Waals surface area contributed by atoms with Crippen molar-refractivity contribution in [3.05, 3.63) is 35.6 Å². The van der Waals surface area contributed by atoms with Gasteiger partial charge in [0, 0.05) is 12.0 Å². The summed E-state index contributed by atoms with van der Waals surface area (Å²) < 4.78 is 12.6. The topological polar surface area (TPSA) is 26.0 Å². The Hall–Kier alpha value is -0.890. The molecular formula is C10H12FN. The Bertz CT molecular complexity index is 274. The fourth-order valence-electron chi connectivity index (χ4n) is 1.56. The molecule has 0 aromatic heterocycles. The van der Waals surface area contributed by atoms with Gasteiger partial charge in [-0.1, -0.05) is 12.1 Å². The van der Waals surface area contributed by atoms with E-state index in [0.717, 1.165) is 12.8 Å². The van der Waals surface area contributed by atoms with Crippen LogP contribution in [0.15, 0.2) is 24.3 Å². The van der Waals surface area contributed by atoms with Gasteiger partial charge in [-0.15, -0.1) is 0 Å². The zero-order valence-electron chi connectivity index (χ0n) is 6.89. The highest BCUT2D eigenvalue weighted by atomic mass is 19.1. The molecule has 12 heavy (non-hydrogen) atoms. The van der Waals surface area contributed by atoms with Crippen LogP contribution in [0.2, 0.25) is 0 Å². The van der Waals surface area contributed by atoms with E-state index in [1.165, 1.54) is 17.7 Å². The molecule has 1 aliphatic carbocycles. The quantitative estimate of drug-likeness (QED) is 0.710. The normalized spacial score (nSPS) is 19.2. The van der Waals surface area contributed by atoms with E-state index in [1.807, 2.05) is 12.1 Å². The zero-order valence-corrected chi connectivity index (χ0v) is 6.89. The second kappa shape index (κ2) is 2.56. The molecule has 1 aromatic carbocycles. The number of nitrogens with two attached hydrogens (primary N) is 1. The van der Waals surface area contributed by atoms with Crippen LogP contribution in [0.4, 0.5) is 4.39 Å². The van der Waals surface area contributed by atoms with E-state index < -0.39 is 0 Å². The molecule has 1 fully saturated rings. The van der Waals surface area contributed by atoms with Gasteiger partial charge in [0.25, 0.3) is 0 Å². The third-order valence-electron chi connectivity index (χ3n) is 2.70. The first kappa shape index (κ1) is 7.74. The number of benzene rings is 1. The van der Waals surface area contributed by atoms with Crippen molar-refractivity contribution < 1.29 is 4.39 Å². The molecule has 0 atom stereocenters. The minimum Gasteiger partial charge on any atom is -0.330 e. The van der Waals surface area contributed by atoms with Gasteiger partial charge >= 0.3 is 0 Å². The highest BCUT2D eigenvalue weighted by molar-refractivity contribution is 5.31. The molecule has 64 valence electrons. The Morgan fingerprint density at radius 2 is 1.83 bits per heavy atom. The van der Waals surface area contributed by atoms with Crippen molar-refractivity contribution in [1.82, 2.24) is 0 Å². The fourth-order valence-corrected chi connectivity index (χ4v) is 1.56. The van der Waals surface area contributed by atoms with Crippen molar-refractivity contribution in [2.24, 2.45) is 5.73 Å². The van der Waals surface area contributed by atoms with Gasteiger partial charge in [-0.3, -0.25) is 0 Å².